The van der Waals surface area contributed by atoms with Crippen molar-refractivity contribution in [3.8, 4) is 5.75 Å². The molecule has 2 unspecified atom stereocenters. The number of aromatic nitrogens is 3. The number of nitrogens with one attached hydrogen (secondary N) is 2. The average Bonchev–Trinajstić information content (AvgIpc) is 3.81. The van der Waals surface area contributed by atoms with Crippen molar-refractivity contribution in [2.45, 2.75) is 43.2 Å². The third-order valence-corrected chi connectivity index (χ3v) is 9.56. The summed E-state index contributed by atoms with van der Waals surface area (Å²) in [5.41, 5.74) is 4.62. The van der Waals surface area contributed by atoms with Gasteiger partial charge in [0.15, 0.2) is 22.2 Å². The molecular formula is C36H35ClN6O6S3. The van der Waals surface area contributed by atoms with E-state index >= 15 is 0 Å². The lowest BCUT2D eigenvalue weighted by molar-refractivity contribution is 0.306. The largest absolute Gasteiger partial charge is 0.485 e. The van der Waals surface area contributed by atoms with E-state index in [1.54, 1.807) is 36.5 Å². The lowest BCUT2D eigenvalue weighted by Crippen LogP contribution is -2.11. The van der Waals surface area contributed by atoms with Crippen molar-refractivity contribution in [2.75, 3.05) is 17.2 Å². The smallest absolute Gasteiger partial charge is 0.289 e. The van der Waals surface area contributed by atoms with Crippen LogP contribution in [0.15, 0.2) is 118 Å². The summed E-state index contributed by atoms with van der Waals surface area (Å²) in [5.74, 6) is 1.26. The molecule has 270 valence electrons. The molecule has 2 aromatic heterocycles. The van der Waals surface area contributed by atoms with Crippen molar-refractivity contribution in [1.82, 2.24) is 15.0 Å². The third kappa shape index (κ3) is 11.4. The Labute approximate surface area is 314 Å². The molecule has 3 heterocycles. The van der Waals surface area contributed by atoms with Crippen molar-refractivity contribution in [3.63, 3.8) is 0 Å². The molecule has 7 rings (SSSR count). The van der Waals surface area contributed by atoms with Gasteiger partial charge in [0.1, 0.15) is 36.1 Å². The SMILES string of the molecule is C[C@@H]1COC(Nc2ccc3ncnc(Nc4ccc(OCc5nccs5)c(Cl)c4)c3c2)=N1.Cc1ccc(S(=O)O)cc1.Cc1ccc(S(=O)O)cc1. The minimum absolute atomic E-state index is 0.150. The van der Waals surface area contributed by atoms with Crippen LogP contribution in [0.2, 0.25) is 5.02 Å². The number of thiazole rings is 1. The number of aryl methyl sites for hydroxylation is 2. The first-order chi connectivity index (χ1) is 25.0. The molecule has 1 aliphatic heterocycles. The Balaban J connectivity index is 0.000000212. The van der Waals surface area contributed by atoms with Crippen LogP contribution in [0.1, 0.15) is 23.1 Å². The number of halogens is 1. The molecule has 0 radical (unpaired) electrons. The van der Waals surface area contributed by atoms with Crippen LogP contribution >= 0.6 is 22.9 Å². The molecule has 0 bridgehead atoms. The Kier molecular flexibility index (Phi) is 13.8. The molecule has 0 amide bonds. The molecule has 3 atom stereocenters. The zero-order valence-electron chi connectivity index (χ0n) is 28.2. The minimum atomic E-state index is -1.84. The van der Waals surface area contributed by atoms with Gasteiger partial charge in [-0.25, -0.2) is 28.4 Å². The van der Waals surface area contributed by atoms with Crippen LogP contribution in [0.25, 0.3) is 10.9 Å². The predicted octanol–water partition coefficient (Wildman–Crippen LogP) is 8.40. The molecule has 0 fully saturated rings. The van der Waals surface area contributed by atoms with Gasteiger partial charge in [0.2, 0.25) is 0 Å². The van der Waals surface area contributed by atoms with E-state index in [4.69, 9.17) is 30.2 Å². The lowest BCUT2D eigenvalue weighted by atomic mass is 10.2. The van der Waals surface area contributed by atoms with Gasteiger partial charge in [0.25, 0.3) is 6.02 Å². The molecule has 52 heavy (non-hydrogen) atoms. The standard InChI is InChI=1S/C22H19ClN6O2S.2C7H8O2S/c1-13-10-31-22(27-13)29-14-2-4-18-16(8-14)21(26-12-25-18)28-15-3-5-19(17(23)9-15)30-11-20-24-6-7-32-20;2*1-6-2-4-7(5-3-6)10(8)9/h2-9,12-13H,10-11H2,1H3,(H,27,29)(H,25,26,28);2*2-5H,1H3,(H,8,9)/t13-;;/m1../s1. The summed E-state index contributed by atoms with van der Waals surface area (Å²) in [6, 6.07) is 25.8. The number of hydrogen-bond acceptors (Lipinski definition) is 11. The van der Waals surface area contributed by atoms with Gasteiger partial charge in [0, 0.05) is 28.3 Å². The van der Waals surface area contributed by atoms with Crippen molar-refractivity contribution in [2.24, 2.45) is 4.99 Å². The van der Waals surface area contributed by atoms with Gasteiger partial charge in [-0.15, -0.1) is 11.3 Å². The zero-order chi connectivity index (χ0) is 37.0. The number of hydrogen-bond donors (Lipinski definition) is 4. The number of amidine groups is 1. The fourth-order valence-electron chi connectivity index (χ4n) is 4.51. The second-order valence-electron chi connectivity index (χ2n) is 11.3. The lowest BCUT2D eigenvalue weighted by Gasteiger charge is -2.12. The third-order valence-electron chi connectivity index (χ3n) is 7.16. The normalized spacial score (nSPS) is 14.4. The highest BCUT2D eigenvalue weighted by Gasteiger charge is 2.15. The summed E-state index contributed by atoms with van der Waals surface area (Å²) >= 11 is 4.30. The molecular weight excluding hydrogens is 744 g/mol. The molecule has 12 nitrogen and oxygen atoms in total. The highest BCUT2D eigenvalue weighted by Crippen LogP contribution is 2.32. The minimum Gasteiger partial charge on any atom is -0.485 e. The van der Waals surface area contributed by atoms with Gasteiger partial charge >= 0.3 is 0 Å². The molecule has 4 N–H and O–H groups in total. The van der Waals surface area contributed by atoms with Crippen LogP contribution in [0.4, 0.5) is 17.2 Å². The second-order valence-corrected chi connectivity index (χ2v) is 14.6. The Morgan fingerprint density at radius 2 is 1.50 bits per heavy atom. The number of rotatable bonds is 8. The number of fused-ring (bicyclic) bond motifs is 1. The fourth-order valence-corrected chi connectivity index (χ4v) is 6.01. The maximum absolute atomic E-state index is 10.4. The molecule has 4 aromatic carbocycles. The van der Waals surface area contributed by atoms with E-state index in [1.807, 2.05) is 80.7 Å². The van der Waals surface area contributed by atoms with Crippen molar-refractivity contribution >= 4 is 79.2 Å². The summed E-state index contributed by atoms with van der Waals surface area (Å²) in [4.78, 5) is 18.3. The average molecular weight is 779 g/mol. The first-order valence-electron chi connectivity index (χ1n) is 15.7. The highest BCUT2D eigenvalue weighted by molar-refractivity contribution is 7.79. The summed E-state index contributed by atoms with van der Waals surface area (Å²) in [6.07, 6.45) is 3.27. The molecule has 16 heteroatoms. The van der Waals surface area contributed by atoms with E-state index < -0.39 is 22.2 Å². The molecule has 1 aliphatic rings. The van der Waals surface area contributed by atoms with Gasteiger partial charge in [-0.05, 0) is 81.4 Å². The Bertz CT molecular complexity index is 2120. The Hall–Kier alpha value is -4.77. The summed E-state index contributed by atoms with van der Waals surface area (Å²) in [7, 11) is 0. The van der Waals surface area contributed by atoms with Crippen LogP contribution in [0.3, 0.4) is 0 Å². The maximum Gasteiger partial charge on any atom is 0.289 e. The highest BCUT2D eigenvalue weighted by atomic mass is 35.5. The number of ether oxygens (including phenoxy) is 2. The van der Waals surface area contributed by atoms with E-state index in [1.165, 1.54) is 17.7 Å². The van der Waals surface area contributed by atoms with Crippen LogP contribution in [0, 0.1) is 13.8 Å². The number of aliphatic imine (C=N–C) groups is 1. The molecule has 0 saturated carbocycles. The van der Waals surface area contributed by atoms with Gasteiger partial charge in [0.05, 0.1) is 26.4 Å². The molecule has 6 aromatic rings. The monoisotopic (exact) mass is 778 g/mol. The van der Waals surface area contributed by atoms with Crippen molar-refractivity contribution in [3.05, 3.63) is 124 Å². The molecule has 0 spiro atoms. The second kappa shape index (κ2) is 18.6. The number of anilines is 3. The van der Waals surface area contributed by atoms with Crippen LogP contribution in [-0.2, 0) is 33.5 Å². The number of benzene rings is 4. The van der Waals surface area contributed by atoms with E-state index in [2.05, 4.69) is 30.6 Å². The maximum atomic E-state index is 10.4. The van der Waals surface area contributed by atoms with Gasteiger partial charge in [-0.2, -0.15) is 0 Å². The topological polar surface area (TPSA) is 168 Å². The van der Waals surface area contributed by atoms with Gasteiger partial charge in [-0.1, -0.05) is 47.0 Å². The Morgan fingerprint density at radius 3 is 2.06 bits per heavy atom. The fraction of sp³-hybridized carbons (Fsp3) is 0.167. The first kappa shape index (κ1) is 38.5. The summed E-state index contributed by atoms with van der Waals surface area (Å²) < 4.78 is 49.3. The van der Waals surface area contributed by atoms with E-state index in [-0.39, 0.29) is 6.04 Å². The van der Waals surface area contributed by atoms with Gasteiger partial charge in [-0.3, -0.25) is 0 Å². The van der Waals surface area contributed by atoms with Crippen molar-refractivity contribution < 1.29 is 27.0 Å². The molecule has 0 saturated heterocycles. The Morgan fingerprint density at radius 1 is 0.865 bits per heavy atom. The summed E-state index contributed by atoms with van der Waals surface area (Å²) in [5, 5.41) is 10.7. The quantitative estimate of drug-likeness (QED) is 0.110. The number of nitrogens with zero attached hydrogens (tertiary/aromatic N) is 4. The van der Waals surface area contributed by atoms with E-state index in [9.17, 15) is 8.42 Å². The van der Waals surface area contributed by atoms with Crippen LogP contribution in [0.5, 0.6) is 5.75 Å². The van der Waals surface area contributed by atoms with Crippen LogP contribution < -0.4 is 15.4 Å². The van der Waals surface area contributed by atoms with Gasteiger partial charge < -0.3 is 29.2 Å². The molecule has 0 aliphatic carbocycles. The van der Waals surface area contributed by atoms with Crippen molar-refractivity contribution in [1.29, 1.82) is 0 Å². The van der Waals surface area contributed by atoms with Crippen LogP contribution in [-0.4, -0.2) is 51.1 Å². The zero-order valence-corrected chi connectivity index (χ0v) is 31.4. The van der Waals surface area contributed by atoms with E-state index in [0.717, 1.165) is 38.4 Å². The predicted molar refractivity (Wildman–Crippen MR) is 208 cm³/mol. The van der Waals surface area contributed by atoms with E-state index in [0.29, 0.717) is 45.6 Å². The first-order valence-corrected chi connectivity index (χ1v) is 19.2. The summed E-state index contributed by atoms with van der Waals surface area (Å²) in [6.45, 7) is 6.83.